The van der Waals surface area contributed by atoms with Crippen LogP contribution in [0.2, 0.25) is 10.0 Å². The quantitative estimate of drug-likeness (QED) is 0.454. The molecule has 2 aromatic rings. The van der Waals surface area contributed by atoms with Gasteiger partial charge < -0.3 is 15.2 Å². The van der Waals surface area contributed by atoms with Crippen LogP contribution in [0.25, 0.3) is 0 Å². The van der Waals surface area contributed by atoms with Gasteiger partial charge in [-0.15, -0.1) is 0 Å². The Hall–Kier alpha value is -2.77. The van der Waals surface area contributed by atoms with Crippen LogP contribution in [0.15, 0.2) is 41.5 Å². The summed E-state index contributed by atoms with van der Waals surface area (Å²) in [6.07, 6.45) is 1.40. The molecular weight excluding hydrogens is 417 g/mol. The Morgan fingerprint density at radius 3 is 2.52 bits per heavy atom. The van der Waals surface area contributed by atoms with Crippen LogP contribution in [0.5, 0.6) is 11.5 Å². The van der Waals surface area contributed by atoms with Gasteiger partial charge in [0.1, 0.15) is 6.04 Å². The van der Waals surface area contributed by atoms with Gasteiger partial charge >= 0.3 is 0 Å². The van der Waals surface area contributed by atoms with E-state index in [1.165, 1.54) is 31.5 Å². The SMILES string of the molecule is COc1cc(C=NNC(=O)C(NC(=O)c2ccc(Cl)cc2Cl)C(C)C)ccc1O. The molecule has 0 fully saturated rings. The van der Waals surface area contributed by atoms with E-state index < -0.39 is 17.9 Å². The first kappa shape index (κ1) is 22.5. The van der Waals surface area contributed by atoms with Crippen molar-refractivity contribution in [2.24, 2.45) is 11.0 Å². The number of amides is 2. The predicted octanol–water partition coefficient (Wildman–Crippen LogP) is 3.61. The van der Waals surface area contributed by atoms with Crippen molar-refractivity contribution >= 4 is 41.2 Å². The van der Waals surface area contributed by atoms with Crippen molar-refractivity contribution in [1.82, 2.24) is 10.7 Å². The van der Waals surface area contributed by atoms with E-state index in [1.807, 2.05) is 0 Å². The van der Waals surface area contributed by atoms with E-state index in [0.29, 0.717) is 10.6 Å². The Balaban J connectivity index is 2.06. The highest BCUT2D eigenvalue weighted by Crippen LogP contribution is 2.25. The molecule has 0 bridgehead atoms. The molecule has 2 rings (SSSR count). The summed E-state index contributed by atoms with van der Waals surface area (Å²) in [5, 5.41) is 16.8. The molecule has 3 N–H and O–H groups in total. The van der Waals surface area contributed by atoms with Gasteiger partial charge in [-0.1, -0.05) is 37.0 Å². The van der Waals surface area contributed by atoms with Gasteiger partial charge in [0.05, 0.1) is 23.9 Å². The molecule has 0 aromatic heterocycles. The number of halogens is 2. The van der Waals surface area contributed by atoms with Crippen LogP contribution < -0.4 is 15.5 Å². The van der Waals surface area contributed by atoms with E-state index in [1.54, 1.807) is 32.0 Å². The van der Waals surface area contributed by atoms with Gasteiger partial charge in [-0.2, -0.15) is 5.10 Å². The number of methoxy groups -OCH3 is 1. The van der Waals surface area contributed by atoms with E-state index in [4.69, 9.17) is 27.9 Å². The van der Waals surface area contributed by atoms with Crippen LogP contribution in [0.3, 0.4) is 0 Å². The lowest BCUT2D eigenvalue weighted by Crippen LogP contribution is -2.48. The molecule has 0 aliphatic rings. The maximum atomic E-state index is 12.5. The summed E-state index contributed by atoms with van der Waals surface area (Å²) in [4.78, 5) is 25.0. The number of hydrogen-bond acceptors (Lipinski definition) is 5. The summed E-state index contributed by atoms with van der Waals surface area (Å²) >= 11 is 11.9. The van der Waals surface area contributed by atoms with Crippen LogP contribution in [0.1, 0.15) is 29.8 Å². The molecule has 7 nitrogen and oxygen atoms in total. The minimum atomic E-state index is -0.833. The third kappa shape index (κ3) is 6.10. The number of rotatable bonds is 7. The number of carbonyl (C=O) groups excluding carboxylic acids is 2. The maximum absolute atomic E-state index is 12.5. The lowest BCUT2D eigenvalue weighted by Gasteiger charge is -2.20. The van der Waals surface area contributed by atoms with Crippen LogP contribution >= 0.6 is 23.2 Å². The fourth-order valence-electron chi connectivity index (χ4n) is 2.44. The third-order valence-corrected chi connectivity index (χ3v) is 4.55. The van der Waals surface area contributed by atoms with Crippen LogP contribution in [0.4, 0.5) is 0 Å². The molecule has 29 heavy (non-hydrogen) atoms. The number of benzene rings is 2. The summed E-state index contributed by atoms with van der Waals surface area (Å²) in [5.74, 6) is -0.897. The monoisotopic (exact) mass is 437 g/mol. The molecule has 0 spiro atoms. The van der Waals surface area contributed by atoms with Gasteiger partial charge in [0, 0.05) is 5.02 Å². The average Bonchev–Trinajstić information content (AvgIpc) is 2.66. The first-order chi connectivity index (χ1) is 13.7. The zero-order valence-electron chi connectivity index (χ0n) is 16.1. The van der Waals surface area contributed by atoms with Gasteiger partial charge in [0.25, 0.3) is 11.8 Å². The zero-order valence-corrected chi connectivity index (χ0v) is 17.6. The van der Waals surface area contributed by atoms with Crippen molar-refractivity contribution in [2.45, 2.75) is 19.9 Å². The first-order valence-electron chi connectivity index (χ1n) is 8.68. The Morgan fingerprint density at radius 1 is 1.17 bits per heavy atom. The number of phenolic OH excluding ortho intramolecular Hbond substituents is 1. The van der Waals surface area contributed by atoms with Gasteiger partial charge in [-0.25, -0.2) is 5.43 Å². The molecule has 2 aromatic carbocycles. The highest BCUT2D eigenvalue weighted by atomic mass is 35.5. The Kier molecular flexibility index (Phi) is 7.87. The van der Waals surface area contributed by atoms with Gasteiger partial charge in [0.15, 0.2) is 11.5 Å². The minimum Gasteiger partial charge on any atom is -0.504 e. The Bertz CT molecular complexity index is 932. The Labute approximate surface area is 178 Å². The topological polar surface area (TPSA) is 100 Å². The number of ether oxygens (including phenoxy) is 1. The lowest BCUT2D eigenvalue weighted by atomic mass is 10.0. The average molecular weight is 438 g/mol. The molecule has 9 heteroatoms. The van der Waals surface area contributed by atoms with Crippen LogP contribution in [-0.2, 0) is 4.79 Å². The fourth-order valence-corrected chi connectivity index (χ4v) is 2.94. The van der Waals surface area contributed by atoms with Crippen molar-refractivity contribution in [3.63, 3.8) is 0 Å². The summed E-state index contributed by atoms with van der Waals surface area (Å²) in [5.41, 5.74) is 3.23. The highest BCUT2D eigenvalue weighted by Gasteiger charge is 2.25. The predicted molar refractivity (Wildman–Crippen MR) is 113 cm³/mol. The molecule has 0 saturated carbocycles. The first-order valence-corrected chi connectivity index (χ1v) is 9.44. The van der Waals surface area contributed by atoms with Crippen LogP contribution in [-0.4, -0.2) is 36.3 Å². The van der Waals surface area contributed by atoms with E-state index in [2.05, 4.69) is 15.8 Å². The van der Waals surface area contributed by atoms with Crippen LogP contribution in [0, 0.1) is 5.92 Å². The molecule has 0 aliphatic carbocycles. The van der Waals surface area contributed by atoms with E-state index in [0.717, 1.165) is 0 Å². The second-order valence-corrected chi connectivity index (χ2v) is 7.33. The number of hydrogen-bond donors (Lipinski definition) is 3. The number of carbonyl (C=O) groups is 2. The van der Waals surface area contributed by atoms with E-state index in [-0.39, 0.29) is 28.0 Å². The number of hydrazone groups is 1. The number of aromatic hydroxyl groups is 1. The minimum absolute atomic E-state index is 0.00266. The van der Waals surface area contributed by atoms with Gasteiger partial charge in [-0.05, 0) is 47.9 Å². The van der Waals surface area contributed by atoms with E-state index in [9.17, 15) is 14.7 Å². The summed E-state index contributed by atoms with van der Waals surface area (Å²) < 4.78 is 5.02. The van der Waals surface area contributed by atoms with E-state index >= 15 is 0 Å². The van der Waals surface area contributed by atoms with Crippen molar-refractivity contribution < 1.29 is 19.4 Å². The molecule has 2 amide bonds. The van der Waals surface area contributed by atoms with Crippen molar-refractivity contribution in [1.29, 1.82) is 0 Å². The maximum Gasteiger partial charge on any atom is 0.262 e. The molecule has 0 heterocycles. The molecule has 154 valence electrons. The summed E-state index contributed by atoms with van der Waals surface area (Å²) in [6.45, 7) is 3.59. The van der Waals surface area contributed by atoms with Crippen molar-refractivity contribution in [2.75, 3.05) is 7.11 Å². The summed E-state index contributed by atoms with van der Waals surface area (Å²) in [6, 6.07) is 8.29. The zero-order chi connectivity index (χ0) is 21.6. The Morgan fingerprint density at radius 2 is 1.90 bits per heavy atom. The van der Waals surface area contributed by atoms with Gasteiger partial charge in [0.2, 0.25) is 0 Å². The smallest absolute Gasteiger partial charge is 0.262 e. The number of nitrogens with zero attached hydrogens (tertiary/aromatic N) is 1. The van der Waals surface area contributed by atoms with Crippen molar-refractivity contribution in [3.8, 4) is 11.5 Å². The molecule has 0 saturated heterocycles. The molecule has 1 unspecified atom stereocenters. The number of nitrogens with one attached hydrogen (secondary N) is 2. The normalized spacial score (nSPS) is 12.1. The fraction of sp³-hybridized carbons (Fsp3) is 0.250. The molecular formula is C20H21Cl2N3O4. The van der Waals surface area contributed by atoms with Crippen molar-refractivity contribution in [3.05, 3.63) is 57.6 Å². The molecule has 0 radical (unpaired) electrons. The number of phenols is 1. The lowest BCUT2D eigenvalue weighted by molar-refractivity contribution is -0.123. The van der Waals surface area contributed by atoms with Gasteiger partial charge in [-0.3, -0.25) is 9.59 Å². The second kappa shape index (κ2) is 10.1. The molecule has 0 aliphatic heterocycles. The molecule has 1 atom stereocenters. The summed E-state index contributed by atoms with van der Waals surface area (Å²) in [7, 11) is 1.43. The highest BCUT2D eigenvalue weighted by molar-refractivity contribution is 6.36. The third-order valence-electron chi connectivity index (χ3n) is 4.00. The largest absolute Gasteiger partial charge is 0.504 e. The standard InChI is InChI=1S/C20H21Cl2N3O4/c1-11(2)18(24-19(27)14-6-5-13(21)9-15(14)22)20(28)25-23-10-12-4-7-16(26)17(8-12)29-3/h4-11,18,26H,1-3H3,(H,24,27)(H,25,28). The second-order valence-electron chi connectivity index (χ2n) is 6.48.